The molecule has 0 N–H and O–H groups in total. The Hall–Kier alpha value is -0.530. The molecule has 0 bridgehead atoms. The van der Waals surface area contributed by atoms with Crippen molar-refractivity contribution in [3.8, 4) is 0 Å². The number of hydrogen-bond donors (Lipinski definition) is 0. The molecule has 58 valence electrons. The van der Waals surface area contributed by atoms with E-state index in [1.807, 2.05) is 6.92 Å². The summed E-state index contributed by atoms with van der Waals surface area (Å²) in [5.41, 5.74) is 0. The molecule has 2 heteroatoms. The smallest absolute Gasteiger partial charge is 0.312 e. The van der Waals surface area contributed by atoms with Crippen LogP contribution in [0, 0.1) is 11.8 Å². The van der Waals surface area contributed by atoms with E-state index in [-0.39, 0.29) is 18.0 Å². The summed E-state index contributed by atoms with van der Waals surface area (Å²) in [6.07, 6.45) is 1.13. The van der Waals surface area contributed by atoms with E-state index in [0.717, 1.165) is 6.42 Å². The second-order valence-electron chi connectivity index (χ2n) is 3.38. The third-order valence-corrected chi connectivity index (χ3v) is 1.90. The van der Waals surface area contributed by atoms with Gasteiger partial charge in [0, 0.05) is 0 Å². The number of ether oxygens (including phenoxy) is 1. The minimum atomic E-state index is -0.0128. The van der Waals surface area contributed by atoms with Gasteiger partial charge in [0.15, 0.2) is 0 Å². The van der Waals surface area contributed by atoms with Gasteiger partial charge in [-0.1, -0.05) is 13.8 Å². The molecule has 1 heterocycles. The minimum absolute atomic E-state index is 0.0128. The van der Waals surface area contributed by atoms with Gasteiger partial charge in [-0.2, -0.15) is 0 Å². The van der Waals surface area contributed by atoms with Crippen LogP contribution in [-0.4, -0.2) is 12.1 Å². The van der Waals surface area contributed by atoms with E-state index in [1.165, 1.54) is 0 Å². The van der Waals surface area contributed by atoms with Crippen LogP contribution in [0.5, 0.6) is 0 Å². The summed E-state index contributed by atoms with van der Waals surface area (Å²) in [4.78, 5) is 10.8. The van der Waals surface area contributed by atoms with Crippen molar-refractivity contribution in [1.29, 1.82) is 0 Å². The average molecular weight is 142 g/mol. The molecule has 0 radical (unpaired) electrons. The van der Waals surface area contributed by atoms with E-state index in [1.54, 1.807) is 0 Å². The zero-order chi connectivity index (χ0) is 7.72. The molecular weight excluding hydrogens is 128 g/mol. The summed E-state index contributed by atoms with van der Waals surface area (Å²) in [5.74, 6) is 0.765. The van der Waals surface area contributed by atoms with Crippen molar-refractivity contribution in [1.82, 2.24) is 0 Å². The predicted octanol–water partition coefficient (Wildman–Crippen LogP) is 1.59. The molecular formula is C8H14O2. The van der Waals surface area contributed by atoms with Gasteiger partial charge in [-0.3, -0.25) is 4.79 Å². The van der Waals surface area contributed by atoms with Gasteiger partial charge < -0.3 is 4.74 Å². The first-order chi connectivity index (χ1) is 4.61. The van der Waals surface area contributed by atoms with Crippen LogP contribution >= 0.6 is 0 Å². The van der Waals surface area contributed by atoms with Gasteiger partial charge in [-0.25, -0.2) is 0 Å². The van der Waals surface area contributed by atoms with E-state index in [9.17, 15) is 4.79 Å². The first-order valence-electron chi connectivity index (χ1n) is 3.81. The highest BCUT2D eigenvalue weighted by Crippen LogP contribution is 2.27. The van der Waals surface area contributed by atoms with Gasteiger partial charge in [-0.15, -0.1) is 0 Å². The maximum absolute atomic E-state index is 10.8. The maximum Gasteiger partial charge on any atom is 0.312 e. The topological polar surface area (TPSA) is 26.3 Å². The molecule has 0 aromatic rings. The molecule has 0 amide bonds. The number of hydrogen-bond acceptors (Lipinski definition) is 2. The fraction of sp³-hybridized carbons (Fsp3) is 0.875. The molecule has 0 spiro atoms. The van der Waals surface area contributed by atoms with Crippen molar-refractivity contribution in [2.24, 2.45) is 11.8 Å². The predicted molar refractivity (Wildman–Crippen MR) is 38.5 cm³/mol. The maximum atomic E-state index is 10.8. The SMILES string of the molecule is CC(C)C[C@@H]1C(=O)O[C@@H]1C. The Morgan fingerprint density at radius 3 is 2.40 bits per heavy atom. The summed E-state index contributed by atoms with van der Waals surface area (Å²) >= 11 is 0. The van der Waals surface area contributed by atoms with Crippen molar-refractivity contribution < 1.29 is 9.53 Å². The zero-order valence-electron chi connectivity index (χ0n) is 6.76. The van der Waals surface area contributed by atoms with Gasteiger partial charge in [0.05, 0.1) is 5.92 Å². The molecule has 0 aromatic heterocycles. The van der Waals surface area contributed by atoms with E-state index in [4.69, 9.17) is 4.74 Å². The fourth-order valence-electron chi connectivity index (χ4n) is 1.27. The molecule has 1 aliphatic rings. The Morgan fingerprint density at radius 2 is 2.20 bits per heavy atom. The van der Waals surface area contributed by atoms with Gasteiger partial charge >= 0.3 is 5.97 Å². The van der Waals surface area contributed by atoms with Crippen molar-refractivity contribution >= 4 is 5.97 Å². The van der Waals surface area contributed by atoms with Crippen LogP contribution in [0.15, 0.2) is 0 Å². The third kappa shape index (κ3) is 1.31. The van der Waals surface area contributed by atoms with Crippen molar-refractivity contribution in [3.63, 3.8) is 0 Å². The number of carbonyl (C=O) groups excluding carboxylic acids is 1. The first kappa shape index (κ1) is 7.58. The Labute approximate surface area is 61.6 Å². The van der Waals surface area contributed by atoms with Gasteiger partial charge in [0.1, 0.15) is 6.10 Å². The Balaban J connectivity index is 2.33. The van der Waals surface area contributed by atoms with Crippen LogP contribution in [0.3, 0.4) is 0 Å². The van der Waals surface area contributed by atoms with Crippen molar-refractivity contribution in [2.45, 2.75) is 33.3 Å². The number of esters is 1. The quantitative estimate of drug-likeness (QED) is 0.547. The molecule has 2 atom stereocenters. The van der Waals surface area contributed by atoms with Crippen molar-refractivity contribution in [3.05, 3.63) is 0 Å². The lowest BCUT2D eigenvalue weighted by Gasteiger charge is -2.33. The molecule has 1 fully saturated rings. The lowest BCUT2D eigenvalue weighted by Crippen LogP contribution is -2.43. The fourth-order valence-corrected chi connectivity index (χ4v) is 1.27. The minimum Gasteiger partial charge on any atom is -0.461 e. The third-order valence-electron chi connectivity index (χ3n) is 1.90. The second kappa shape index (κ2) is 2.60. The van der Waals surface area contributed by atoms with Crippen LogP contribution in [-0.2, 0) is 9.53 Å². The lowest BCUT2D eigenvalue weighted by molar-refractivity contribution is -0.183. The van der Waals surface area contributed by atoms with Gasteiger partial charge in [0.25, 0.3) is 0 Å². The Morgan fingerprint density at radius 1 is 1.60 bits per heavy atom. The van der Waals surface area contributed by atoms with Crippen LogP contribution in [0.4, 0.5) is 0 Å². The van der Waals surface area contributed by atoms with E-state index < -0.39 is 0 Å². The molecule has 0 unspecified atom stereocenters. The van der Waals surface area contributed by atoms with Crippen LogP contribution in [0.1, 0.15) is 27.2 Å². The normalized spacial score (nSPS) is 31.8. The summed E-state index contributed by atoms with van der Waals surface area (Å²) < 4.78 is 4.81. The van der Waals surface area contributed by atoms with Crippen LogP contribution in [0.2, 0.25) is 0 Å². The molecule has 1 aliphatic heterocycles. The summed E-state index contributed by atoms with van der Waals surface area (Å²) in [6, 6.07) is 0. The molecule has 0 saturated carbocycles. The van der Waals surface area contributed by atoms with E-state index >= 15 is 0 Å². The summed E-state index contributed by atoms with van der Waals surface area (Å²) in [7, 11) is 0. The molecule has 1 saturated heterocycles. The monoisotopic (exact) mass is 142 g/mol. The largest absolute Gasteiger partial charge is 0.461 e. The van der Waals surface area contributed by atoms with E-state index in [2.05, 4.69) is 13.8 Å². The van der Waals surface area contributed by atoms with Crippen LogP contribution < -0.4 is 0 Å². The summed E-state index contributed by atoms with van der Waals surface area (Å²) in [6.45, 7) is 6.20. The second-order valence-corrected chi connectivity index (χ2v) is 3.38. The Bertz CT molecular complexity index is 140. The molecule has 0 aromatic carbocycles. The van der Waals surface area contributed by atoms with Gasteiger partial charge in [0.2, 0.25) is 0 Å². The zero-order valence-corrected chi connectivity index (χ0v) is 6.76. The lowest BCUT2D eigenvalue weighted by atomic mass is 9.89. The standard InChI is InChI=1S/C8H14O2/c1-5(2)4-7-6(3)10-8(7)9/h5-7H,4H2,1-3H3/t6-,7+/m1/s1. The molecule has 2 nitrogen and oxygen atoms in total. The van der Waals surface area contributed by atoms with Gasteiger partial charge in [-0.05, 0) is 19.3 Å². The summed E-state index contributed by atoms with van der Waals surface area (Å²) in [5, 5.41) is 0. The molecule has 10 heavy (non-hydrogen) atoms. The van der Waals surface area contributed by atoms with Crippen molar-refractivity contribution in [2.75, 3.05) is 0 Å². The van der Waals surface area contributed by atoms with Crippen LogP contribution in [0.25, 0.3) is 0 Å². The highest BCUT2D eigenvalue weighted by Gasteiger charge is 2.38. The highest BCUT2D eigenvalue weighted by atomic mass is 16.6. The first-order valence-corrected chi connectivity index (χ1v) is 3.81. The number of rotatable bonds is 2. The number of carbonyl (C=O) groups is 1. The highest BCUT2D eigenvalue weighted by molar-refractivity contribution is 5.78. The number of cyclic esters (lactones) is 1. The molecule has 0 aliphatic carbocycles. The molecule has 1 rings (SSSR count). The van der Waals surface area contributed by atoms with E-state index in [0.29, 0.717) is 5.92 Å². The Kier molecular flexibility index (Phi) is 1.97. The average Bonchev–Trinajstić information content (AvgIpc) is 1.84.